The molecule has 0 radical (unpaired) electrons. The minimum atomic E-state index is 0.787. The molecule has 0 amide bonds. The van der Waals surface area contributed by atoms with E-state index in [2.05, 4.69) is 53.2 Å². The van der Waals surface area contributed by atoms with Crippen LogP contribution in [0.4, 0.5) is 11.4 Å². The maximum Gasteiger partial charge on any atom is 0.173 e. The van der Waals surface area contributed by atoms with E-state index in [1.165, 1.54) is 16.8 Å². The summed E-state index contributed by atoms with van der Waals surface area (Å²) in [6.45, 7) is 7.91. The lowest BCUT2D eigenvalue weighted by Crippen LogP contribution is -2.50. The number of aryl methyl sites for hydroxylation is 2. The van der Waals surface area contributed by atoms with Gasteiger partial charge in [0.1, 0.15) is 0 Å². The van der Waals surface area contributed by atoms with Crippen LogP contribution in [-0.4, -0.2) is 36.2 Å². The Morgan fingerprint density at radius 1 is 1.04 bits per heavy atom. The zero-order chi connectivity index (χ0) is 17.1. The SMILES string of the molecule is Cc1cccc(NC(=S)N2CCN(c3cc(Cl)ccc3C)CC2)c1. The second kappa shape index (κ2) is 7.41. The van der Waals surface area contributed by atoms with Crippen LogP contribution in [0, 0.1) is 13.8 Å². The summed E-state index contributed by atoms with van der Waals surface area (Å²) >= 11 is 11.7. The van der Waals surface area contributed by atoms with Gasteiger partial charge in [0.15, 0.2) is 5.11 Å². The molecular formula is C19H22ClN3S. The zero-order valence-electron chi connectivity index (χ0n) is 14.1. The van der Waals surface area contributed by atoms with Crippen molar-refractivity contribution < 1.29 is 0 Å². The van der Waals surface area contributed by atoms with E-state index in [4.69, 9.17) is 23.8 Å². The molecule has 1 aliphatic rings. The number of hydrogen-bond donors (Lipinski definition) is 1. The topological polar surface area (TPSA) is 18.5 Å². The lowest BCUT2D eigenvalue weighted by molar-refractivity contribution is 0.390. The lowest BCUT2D eigenvalue weighted by atomic mass is 10.1. The molecular weight excluding hydrogens is 338 g/mol. The zero-order valence-corrected chi connectivity index (χ0v) is 15.6. The lowest BCUT2D eigenvalue weighted by Gasteiger charge is -2.38. The van der Waals surface area contributed by atoms with Crippen molar-refractivity contribution in [3.63, 3.8) is 0 Å². The third-order valence-corrected chi connectivity index (χ3v) is 4.94. The average Bonchev–Trinajstić information content (AvgIpc) is 2.57. The van der Waals surface area contributed by atoms with Crippen LogP contribution in [0.15, 0.2) is 42.5 Å². The highest BCUT2D eigenvalue weighted by Crippen LogP contribution is 2.25. The van der Waals surface area contributed by atoms with Crippen molar-refractivity contribution in [1.82, 2.24) is 4.90 Å². The number of rotatable bonds is 2. The van der Waals surface area contributed by atoms with Crippen LogP contribution in [0.25, 0.3) is 0 Å². The fourth-order valence-corrected chi connectivity index (χ4v) is 3.47. The van der Waals surface area contributed by atoms with Crippen LogP contribution in [0.5, 0.6) is 0 Å². The van der Waals surface area contributed by atoms with Crippen molar-refractivity contribution in [1.29, 1.82) is 0 Å². The molecule has 24 heavy (non-hydrogen) atoms. The van der Waals surface area contributed by atoms with Gasteiger partial charge in [0.2, 0.25) is 0 Å². The molecule has 126 valence electrons. The summed E-state index contributed by atoms with van der Waals surface area (Å²) in [5.74, 6) is 0. The van der Waals surface area contributed by atoms with E-state index in [-0.39, 0.29) is 0 Å². The van der Waals surface area contributed by atoms with Crippen molar-refractivity contribution in [2.24, 2.45) is 0 Å². The first kappa shape index (κ1) is 17.1. The van der Waals surface area contributed by atoms with Crippen LogP contribution in [-0.2, 0) is 0 Å². The molecule has 2 aromatic carbocycles. The molecule has 0 aromatic heterocycles. The van der Waals surface area contributed by atoms with Crippen molar-refractivity contribution in [3.05, 3.63) is 58.6 Å². The van der Waals surface area contributed by atoms with Crippen molar-refractivity contribution in [3.8, 4) is 0 Å². The van der Waals surface area contributed by atoms with E-state index >= 15 is 0 Å². The highest BCUT2D eigenvalue weighted by atomic mass is 35.5. The summed E-state index contributed by atoms with van der Waals surface area (Å²) in [6.07, 6.45) is 0. The molecule has 1 saturated heterocycles. The molecule has 3 nitrogen and oxygen atoms in total. The monoisotopic (exact) mass is 359 g/mol. The van der Waals surface area contributed by atoms with E-state index in [0.29, 0.717) is 0 Å². The van der Waals surface area contributed by atoms with Crippen LogP contribution in [0.2, 0.25) is 5.02 Å². The number of thiocarbonyl (C=S) groups is 1. The highest BCUT2D eigenvalue weighted by molar-refractivity contribution is 7.80. The summed E-state index contributed by atoms with van der Waals surface area (Å²) in [5.41, 5.74) is 4.75. The predicted octanol–water partition coefficient (Wildman–Crippen LogP) is 4.48. The Hall–Kier alpha value is -1.78. The number of piperazine rings is 1. The third-order valence-electron chi connectivity index (χ3n) is 4.35. The standard InChI is InChI=1S/C19H22ClN3S/c1-14-4-3-5-17(12-14)21-19(24)23-10-8-22(9-11-23)18-13-16(20)7-6-15(18)2/h3-7,12-13H,8-11H2,1-2H3,(H,21,24). The van der Waals surface area contributed by atoms with Crippen LogP contribution in [0.1, 0.15) is 11.1 Å². The molecule has 2 aromatic rings. The van der Waals surface area contributed by atoms with E-state index in [1.807, 2.05) is 18.2 Å². The molecule has 0 atom stereocenters. The van der Waals surface area contributed by atoms with Crippen LogP contribution in [0.3, 0.4) is 0 Å². The predicted molar refractivity (Wildman–Crippen MR) is 107 cm³/mol. The van der Waals surface area contributed by atoms with Gasteiger partial charge in [-0.15, -0.1) is 0 Å². The number of hydrogen-bond acceptors (Lipinski definition) is 2. The summed E-state index contributed by atoms with van der Waals surface area (Å²) in [7, 11) is 0. The quantitative estimate of drug-likeness (QED) is 0.797. The summed E-state index contributed by atoms with van der Waals surface area (Å²) in [4.78, 5) is 4.61. The van der Waals surface area contributed by atoms with Crippen molar-refractivity contribution in [2.45, 2.75) is 13.8 Å². The molecule has 0 bridgehead atoms. The molecule has 1 aliphatic heterocycles. The van der Waals surface area contributed by atoms with Gasteiger partial charge < -0.3 is 15.1 Å². The van der Waals surface area contributed by atoms with Crippen LogP contribution >= 0.6 is 23.8 Å². The second-order valence-electron chi connectivity index (χ2n) is 6.20. The van der Waals surface area contributed by atoms with Gasteiger partial charge in [-0.25, -0.2) is 0 Å². The number of nitrogens with zero attached hydrogens (tertiary/aromatic N) is 2. The maximum absolute atomic E-state index is 6.15. The fourth-order valence-electron chi connectivity index (χ4n) is 3.00. The molecule has 0 aliphatic carbocycles. The third kappa shape index (κ3) is 4.00. The summed E-state index contributed by atoms with van der Waals surface area (Å²) in [5, 5.41) is 4.93. The Morgan fingerprint density at radius 2 is 1.79 bits per heavy atom. The van der Waals surface area contributed by atoms with E-state index in [0.717, 1.165) is 42.0 Å². The highest BCUT2D eigenvalue weighted by Gasteiger charge is 2.20. The van der Waals surface area contributed by atoms with Gasteiger partial charge in [0.25, 0.3) is 0 Å². The molecule has 1 N–H and O–H groups in total. The van der Waals surface area contributed by atoms with Crippen LogP contribution < -0.4 is 10.2 Å². The minimum absolute atomic E-state index is 0.787. The Kier molecular flexibility index (Phi) is 5.27. The average molecular weight is 360 g/mol. The van der Waals surface area contributed by atoms with Gasteiger partial charge in [0.05, 0.1) is 0 Å². The smallest absolute Gasteiger partial charge is 0.173 e. The number of anilines is 2. The number of benzene rings is 2. The molecule has 1 heterocycles. The molecule has 0 saturated carbocycles. The van der Waals surface area contributed by atoms with E-state index in [9.17, 15) is 0 Å². The number of halogens is 1. The largest absolute Gasteiger partial charge is 0.368 e. The Bertz CT molecular complexity index is 739. The first-order valence-electron chi connectivity index (χ1n) is 8.16. The van der Waals surface area contributed by atoms with Crippen molar-refractivity contribution in [2.75, 3.05) is 36.4 Å². The number of nitrogens with one attached hydrogen (secondary N) is 1. The van der Waals surface area contributed by atoms with E-state index in [1.54, 1.807) is 0 Å². The van der Waals surface area contributed by atoms with Gasteiger partial charge in [-0.1, -0.05) is 29.8 Å². The van der Waals surface area contributed by atoms with Crippen molar-refractivity contribution >= 4 is 40.3 Å². The molecule has 0 spiro atoms. The van der Waals surface area contributed by atoms with Gasteiger partial charge in [0, 0.05) is 42.6 Å². The van der Waals surface area contributed by atoms with Gasteiger partial charge in [-0.3, -0.25) is 0 Å². The Labute approximate surface area is 154 Å². The fraction of sp³-hybridized carbons (Fsp3) is 0.316. The first-order valence-corrected chi connectivity index (χ1v) is 8.95. The molecule has 3 rings (SSSR count). The summed E-state index contributed by atoms with van der Waals surface area (Å²) in [6, 6.07) is 14.4. The summed E-state index contributed by atoms with van der Waals surface area (Å²) < 4.78 is 0. The van der Waals surface area contributed by atoms with Gasteiger partial charge in [-0.2, -0.15) is 0 Å². The Morgan fingerprint density at radius 3 is 2.50 bits per heavy atom. The van der Waals surface area contributed by atoms with E-state index < -0.39 is 0 Å². The van der Waals surface area contributed by atoms with Gasteiger partial charge >= 0.3 is 0 Å². The van der Waals surface area contributed by atoms with Gasteiger partial charge in [-0.05, 0) is 61.5 Å². The molecule has 1 fully saturated rings. The molecule has 0 unspecified atom stereocenters. The minimum Gasteiger partial charge on any atom is -0.368 e. The molecule has 5 heteroatoms. The maximum atomic E-state index is 6.15. The Balaban J connectivity index is 1.60. The first-order chi connectivity index (χ1) is 11.5. The normalized spacial score (nSPS) is 14.6. The second-order valence-corrected chi connectivity index (χ2v) is 7.03.